The largest absolute Gasteiger partial charge is 0.469 e. The SMILES string of the molecule is C#CCN(C)C(C)C(F)Cc1ccccc1.C#CCN(C)C(C)C(F)c1ccccc1.C#CCN(C)C(CF)Cc1ccccc1.C#CCN(C)C(CF)Cc1ccco1.C#CCN(C)C1CC(F)Cc2ccccc21.C#CCN(C)C1c2ccccc2CC1F.C#CCN(C)C1c2ccccc2CCC1F. The van der Waals surface area contributed by atoms with Crippen molar-refractivity contribution in [1.82, 2.24) is 34.3 Å². The molecule has 8 nitrogen and oxygen atoms in total. The van der Waals surface area contributed by atoms with E-state index in [0.29, 0.717) is 96.3 Å². The lowest BCUT2D eigenvalue weighted by molar-refractivity contribution is 0.131. The highest BCUT2D eigenvalue weighted by Crippen LogP contribution is 2.38. The molecule has 0 amide bonds. The number of halogens is 7. The van der Waals surface area contributed by atoms with Gasteiger partial charge < -0.3 is 4.42 Å². The summed E-state index contributed by atoms with van der Waals surface area (Å²) in [5.41, 5.74) is 9.77. The zero-order valence-corrected chi connectivity index (χ0v) is 64.0. The van der Waals surface area contributed by atoms with Gasteiger partial charge in [-0.05, 0) is 151 Å². The Kier molecular flexibility index (Phi) is 42.4. The zero-order valence-electron chi connectivity index (χ0n) is 64.0. The number of hydrogen-bond acceptors (Lipinski definition) is 8. The van der Waals surface area contributed by atoms with Crippen molar-refractivity contribution in [3.8, 4) is 86.4 Å². The highest BCUT2D eigenvalue weighted by molar-refractivity contribution is 5.38. The summed E-state index contributed by atoms with van der Waals surface area (Å²) >= 11 is 0. The number of alkyl halides is 7. The minimum absolute atomic E-state index is 0.121. The van der Waals surface area contributed by atoms with Crippen molar-refractivity contribution in [3.63, 3.8) is 0 Å². The summed E-state index contributed by atoms with van der Waals surface area (Å²) in [5.74, 6) is 18.6. The lowest BCUT2D eigenvalue weighted by Crippen LogP contribution is -2.38. The topological polar surface area (TPSA) is 35.8 Å². The van der Waals surface area contributed by atoms with Gasteiger partial charge in [-0.25, -0.2) is 30.7 Å². The van der Waals surface area contributed by atoms with Gasteiger partial charge in [0.25, 0.3) is 0 Å². The van der Waals surface area contributed by atoms with Gasteiger partial charge in [-0.1, -0.05) is 205 Å². The number of benzene rings is 6. The van der Waals surface area contributed by atoms with Gasteiger partial charge in [0.2, 0.25) is 0 Å². The summed E-state index contributed by atoms with van der Waals surface area (Å²) in [7, 11) is 13.1. The standard InChI is InChI=1S/2C14H16FN.C14H18FN.C13H14FN.2C13H16FN.C11H14FNO/c1-3-10-16(2)14-12-7-5-4-6-11(12)8-9-13(14)15;1-3-8-16(2)14-10-12(15)9-11-6-4-5-7-13(11)14;1-4-10-16(3)12(2)14(15)11-13-8-6-5-7-9-13;1-3-8-15(2)13-11-7-5-4-6-10(11)9-12(13)14;1-4-10-15(3)11(2)13(14)12-8-6-5-7-9-12;1-3-9-15(2)13(11-14)10-12-7-5-4-6-8-12;1-3-6-13(2)10(9-12)8-11-5-4-7-14-11/h1,4-7,13-14H,8-10H2,2H3;1,4-7,12,14H,8-10H2,2H3;1,5-9,12,14H,10-11H2,2-3H3;1,4-7,12-13H,8-9H2,2H3;1,5-9,11,13H,10H2,2-3H3;1,4-8,13H,9-11H2,2H3;1,4-5,7,10H,6,8-9H2,2H3. The Morgan fingerprint density at radius 1 is 0.421 bits per heavy atom. The van der Waals surface area contributed by atoms with Crippen LogP contribution in [0.15, 0.2) is 187 Å². The molecular weight excluding hydrogens is 1350 g/mol. The molecule has 15 heteroatoms. The number of terminal acetylenes is 7. The molecule has 12 unspecified atom stereocenters. The molecule has 1 aromatic heterocycles. The summed E-state index contributed by atoms with van der Waals surface area (Å²) in [4.78, 5) is 13.2. The first kappa shape index (κ1) is 90.1. The summed E-state index contributed by atoms with van der Waals surface area (Å²) in [6.45, 7) is 6.35. The van der Waals surface area contributed by atoms with E-state index in [1.54, 1.807) is 24.5 Å². The van der Waals surface area contributed by atoms with E-state index in [9.17, 15) is 30.7 Å². The molecular formula is C92H110F7N7O. The molecule has 0 bridgehead atoms. The predicted octanol–water partition coefficient (Wildman–Crippen LogP) is 16.4. The van der Waals surface area contributed by atoms with Gasteiger partial charge in [0, 0.05) is 55.9 Å². The van der Waals surface area contributed by atoms with E-state index in [1.165, 1.54) is 11.1 Å². The van der Waals surface area contributed by atoms with Gasteiger partial charge in [-0.15, -0.1) is 45.0 Å². The lowest BCUT2D eigenvalue weighted by atomic mass is 9.85. The fourth-order valence-corrected chi connectivity index (χ4v) is 12.9. The van der Waals surface area contributed by atoms with Crippen molar-refractivity contribution in [2.75, 3.05) is 108 Å². The number of rotatable bonds is 25. The molecule has 3 aliphatic carbocycles. The molecule has 107 heavy (non-hydrogen) atoms. The molecule has 0 fully saturated rings. The smallest absolute Gasteiger partial charge is 0.140 e. The van der Waals surface area contributed by atoms with Crippen molar-refractivity contribution >= 4 is 0 Å². The molecule has 0 N–H and O–H groups in total. The van der Waals surface area contributed by atoms with Crippen molar-refractivity contribution in [1.29, 1.82) is 0 Å². The van der Waals surface area contributed by atoms with Gasteiger partial charge in [0.15, 0.2) is 0 Å². The zero-order chi connectivity index (χ0) is 78.6. The van der Waals surface area contributed by atoms with Gasteiger partial charge in [0.1, 0.15) is 50.0 Å². The maximum atomic E-state index is 14.0. The summed E-state index contributed by atoms with van der Waals surface area (Å²) < 4.78 is 100. The van der Waals surface area contributed by atoms with Crippen molar-refractivity contribution < 1.29 is 35.2 Å². The molecule has 3 aliphatic rings. The Balaban J connectivity index is 0.000000264. The molecule has 1 heterocycles. The Hall–Kier alpha value is -9.25. The van der Waals surface area contributed by atoms with Gasteiger partial charge >= 0.3 is 0 Å². The summed E-state index contributed by atoms with van der Waals surface area (Å²) in [5, 5.41) is 0. The van der Waals surface area contributed by atoms with Gasteiger partial charge in [0.05, 0.1) is 64.2 Å². The van der Waals surface area contributed by atoms with Crippen molar-refractivity contribution in [2.24, 2.45) is 0 Å². The average Bonchev–Trinajstić information content (AvgIpc) is 1.77. The van der Waals surface area contributed by atoms with Crippen LogP contribution in [0.2, 0.25) is 0 Å². The second-order valence-electron chi connectivity index (χ2n) is 27.2. The number of hydrogen-bond donors (Lipinski definition) is 0. The van der Waals surface area contributed by atoms with E-state index in [4.69, 9.17) is 49.4 Å². The molecule has 0 saturated carbocycles. The van der Waals surface area contributed by atoms with Crippen LogP contribution in [0.4, 0.5) is 30.7 Å². The monoisotopic (exact) mass is 1460 g/mol. The van der Waals surface area contributed by atoms with E-state index in [1.807, 2.05) is 243 Å². The first-order valence-corrected chi connectivity index (χ1v) is 36.2. The average molecular weight is 1460 g/mol. The van der Waals surface area contributed by atoms with Gasteiger partial charge in [-0.3, -0.25) is 34.3 Å². The molecule has 0 aliphatic heterocycles. The fraction of sp³-hybridized carbons (Fsp3) is 0.413. The lowest BCUT2D eigenvalue weighted by Gasteiger charge is -2.34. The van der Waals surface area contributed by atoms with E-state index < -0.39 is 37.5 Å². The molecule has 0 spiro atoms. The third-order valence-corrected chi connectivity index (χ3v) is 19.4. The van der Waals surface area contributed by atoms with E-state index >= 15 is 0 Å². The van der Waals surface area contributed by atoms with Crippen LogP contribution < -0.4 is 0 Å². The second kappa shape index (κ2) is 50.3. The van der Waals surface area contributed by atoms with E-state index in [2.05, 4.69) is 53.6 Å². The summed E-state index contributed by atoms with van der Waals surface area (Å²) in [6.07, 6.45) is 38.6. The van der Waals surface area contributed by atoms with Crippen LogP contribution in [-0.4, -0.2) is 192 Å². The van der Waals surface area contributed by atoms with E-state index in [-0.39, 0.29) is 49.0 Å². The number of aryl methyl sites for hydroxylation is 1. The van der Waals surface area contributed by atoms with Crippen LogP contribution in [0.5, 0.6) is 0 Å². The van der Waals surface area contributed by atoms with Crippen LogP contribution in [-0.2, 0) is 38.5 Å². The minimum atomic E-state index is -0.996. The minimum Gasteiger partial charge on any atom is -0.469 e. The molecule has 12 atom stereocenters. The molecule has 6 aromatic carbocycles. The number of nitrogens with zero attached hydrogens (tertiary/aromatic N) is 7. The third-order valence-electron chi connectivity index (χ3n) is 19.4. The number of likely N-dealkylation sites (N-methyl/N-ethyl adjacent to an activating group) is 3. The maximum Gasteiger partial charge on any atom is 0.140 e. The van der Waals surface area contributed by atoms with Gasteiger partial charge in [-0.2, -0.15) is 0 Å². The molecule has 10 rings (SSSR count). The maximum absolute atomic E-state index is 14.0. The summed E-state index contributed by atoms with van der Waals surface area (Å²) in [6, 6.07) is 55.5. The number of fused-ring (bicyclic) bond motifs is 3. The first-order valence-electron chi connectivity index (χ1n) is 36.2. The van der Waals surface area contributed by atoms with Crippen molar-refractivity contribution in [2.45, 2.75) is 138 Å². The predicted molar refractivity (Wildman–Crippen MR) is 429 cm³/mol. The highest BCUT2D eigenvalue weighted by Gasteiger charge is 2.35. The fourth-order valence-electron chi connectivity index (χ4n) is 12.9. The van der Waals surface area contributed by atoms with Crippen LogP contribution in [0, 0.1) is 86.4 Å². The molecule has 568 valence electrons. The molecule has 0 saturated heterocycles. The Bertz CT molecular complexity index is 3890. The Labute approximate surface area is 637 Å². The van der Waals surface area contributed by atoms with Crippen molar-refractivity contribution in [3.05, 3.63) is 238 Å². The van der Waals surface area contributed by atoms with Crippen LogP contribution in [0.1, 0.15) is 107 Å². The quantitative estimate of drug-likeness (QED) is 0.0414. The number of furan rings is 1. The molecule has 7 aromatic rings. The Morgan fingerprint density at radius 2 is 0.822 bits per heavy atom. The van der Waals surface area contributed by atoms with Crippen LogP contribution in [0.25, 0.3) is 0 Å². The normalized spacial score (nSPS) is 18.1. The molecule has 0 radical (unpaired) electrons. The second-order valence-corrected chi connectivity index (χ2v) is 27.2. The van der Waals surface area contributed by atoms with E-state index in [0.717, 1.165) is 45.6 Å². The Morgan fingerprint density at radius 3 is 1.31 bits per heavy atom. The van der Waals surface area contributed by atoms with Crippen LogP contribution in [0.3, 0.4) is 0 Å². The van der Waals surface area contributed by atoms with Crippen LogP contribution >= 0.6 is 0 Å². The first-order chi connectivity index (χ1) is 51.6. The highest BCUT2D eigenvalue weighted by atomic mass is 19.2. The third kappa shape index (κ3) is 30.5.